The first-order chi connectivity index (χ1) is 11.3. The van der Waals surface area contributed by atoms with E-state index in [0.717, 1.165) is 33.3 Å². The molecule has 0 bridgehead atoms. The molecule has 0 saturated heterocycles. The fraction of sp³-hybridized carbons (Fsp3) is 0. The highest BCUT2D eigenvalue weighted by atomic mass is 19.1. The summed E-state index contributed by atoms with van der Waals surface area (Å²) in [5, 5.41) is 0.937. The van der Waals surface area contributed by atoms with E-state index in [4.69, 9.17) is 0 Å². The first-order valence-electron chi connectivity index (χ1n) is 7.22. The van der Waals surface area contributed by atoms with Crippen molar-refractivity contribution in [1.82, 2.24) is 15.0 Å². The average molecular weight is 301 g/mol. The second kappa shape index (κ2) is 5.57. The van der Waals surface area contributed by atoms with Gasteiger partial charge in [0.2, 0.25) is 0 Å². The Balaban J connectivity index is 1.87. The maximum atomic E-state index is 13.1. The van der Waals surface area contributed by atoms with Gasteiger partial charge in [-0.25, -0.2) is 14.4 Å². The van der Waals surface area contributed by atoms with Crippen LogP contribution in [0.4, 0.5) is 4.39 Å². The summed E-state index contributed by atoms with van der Waals surface area (Å²) in [5.74, 6) is -0.258. The fourth-order valence-electron chi connectivity index (χ4n) is 2.61. The number of rotatable bonds is 2. The van der Waals surface area contributed by atoms with Crippen LogP contribution in [0.2, 0.25) is 0 Å². The Kier molecular flexibility index (Phi) is 3.27. The van der Waals surface area contributed by atoms with Crippen LogP contribution in [0.25, 0.3) is 33.3 Å². The van der Waals surface area contributed by atoms with Gasteiger partial charge in [0.25, 0.3) is 0 Å². The Hall–Kier alpha value is -3.14. The molecule has 110 valence electrons. The number of fused-ring (bicyclic) bond motifs is 1. The molecule has 2 aromatic carbocycles. The third-order valence-corrected chi connectivity index (χ3v) is 3.75. The lowest BCUT2D eigenvalue weighted by atomic mass is 10.0. The normalized spacial score (nSPS) is 10.8. The van der Waals surface area contributed by atoms with Crippen LogP contribution in [0, 0.1) is 5.82 Å². The quantitative estimate of drug-likeness (QED) is 0.547. The van der Waals surface area contributed by atoms with Crippen LogP contribution in [0.5, 0.6) is 0 Å². The molecule has 0 aliphatic rings. The summed E-state index contributed by atoms with van der Waals surface area (Å²) in [5.41, 5.74) is 4.60. The molecule has 0 saturated carbocycles. The zero-order chi connectivity index (χ0) is 15.6. The lowest BCUT2D eigenvalue weighted by Crippen LogP contribution is -1.90. The smallest absolute Gasteiger partial charge is 0.123 e. The van der Waals surface area contributed by atoms with Gasteiger partial charge in [0.1, 0.15) is 12.1 Å². The first kappa shape index (κ1) is 13.5. The molecular formula is C19H12FN3. The highest BCUT2D eigenvalue weighted by Gasteiger charge is 2.08. The largest absolute Gasteiger partial charge is 0.264 e. The van der Waals surface area contributed by atoms with Crippen molar-refractivity contribution < 1.29 is 4.39 Å². The van der Waals surface area contributed by atoms with Crippen molar-refractivity contribution in [3.63, 3.8) is 0 Å². The van der Waals surface area contributed by atoms with Crippen LogP contribution in [0.3, 0.4) is 0 Å². The van der Waals surface area contributed by atoms with E-state index in [9.17, 15) is 4.39 Å². The average Bonchev–Trinajstić information content (AvgIpc) is 2.62. The van der Waals surface area contributed by atoms with E-state index in [1.54, 1.807) is 18.3 Å². The molecule has 4 aromatic rings. The van der Waals surface area contributed by atoms with Crippen LogP contribution in [0.15, 0.2) is 73.3 Å². The van der Waals surface area contributed by atoms with Crippen molar-refractivity contribution in [2.24, 2.45) is 0 Å². The molecule has 0 N–H and O–H groups in total. The molecule has 4 heteroatoms. The third-order valence-electron chi connectivity index (χ3n) is 3.75. The van der Waals surface area contributed by atoms with E-state index in [1.807, 2.05) is 36.5 Å². The van der Waals surface area contributed by atoms with E-state index < -0.39 is 0 Å². The second-order valence-corrected chi connectivity index (χ2v) is 5.20. The van der Waals surface area contributed by atoms with Crippen LogP contribution >= 0.6 is 0 Å². The van der Waals surface area contributed by atoms with Gasteiger partial charge in [0.05, 0.1) is 11.2 Å². The second-order valence-electron chi connectivity index (χ2n) is 5.20. The summed E-state index contributed by atoms with van der Waals surface area (Å²) >= 11 is 0. The van der Waals surface area contributed by atoms with Gasteiger partial charge in [-0.2, -0.15) is 0 Å². The molecule has 3 nitrogen and oxygen atoms in total. The standard InChI is InChI=1S/C19H12FN3/c20-16-6-3-13(4-7-16)19-17-8-5-14(10-18(17)22-12-23-19)15-2-1-9-21-11-15/h1-12H. The minimum absolute atomic E-state index is 0.258. The molecule has 0 aliphatic heterocycles. The van der Waals surface area contributed by atoms with Crippen molar-refractivity contribution in [3.05, 3.63) is 79.1 Å². The van der Waals surface area contributed by atoms with Gasteiger partial charge in [-0.3, -0.25) is 4.98 Å². The number of aromatic nitrogens is 3. The molecule has 23 heavy (non-hydrogen) atoms. The Morgan fingerprint density at radius 2 is 1.61 bits per heavy atom. The van der Waals surface area contributed by atoms with Gasteiger partial charge in [0, 0.05) is 28.9 Å². The van der Waals surface area contributed by atoms with E-state index in [1.165, 1.54) is 18.5 Å². The number of hydrogen-bond acceptors (Lipinski definition) is 3. The van der Waals surface area contributed by atoms with Gasteiger partial charge < -0.3 is 0 Å². The number of benzene rings is 2. The van der Waals surface area contributed by atoms with Crippen LogP contribution in [-0.4, -0.2) is 15.0 Å². The fourth-order valence-corrected chi connectivity index (χ4v) is 2.61. The Morgan fingerprint density at radius 3 is 2.39 bits per heavy atom. The van der Waals surface area contributed by atoms with Gasteiger partial charge >= 0.3 is 0 Å². The van der Waals surface area contributed by atoms with E-state index in [0.29, 0.717) is 0 Å². The predicted octanol–water partition coefficient (Wildman–Crippen LogP) is 4.50. The maximum absolute atomic E-state index is 13.1. The predicted molar refractivity (Wildman–Crippen MR) is 88.2 cm³/mol. The highest BCUT2D eigenvalue weighted by molar-refractivity contribution is 5.94. The van der Waals surface area contributed by atoms with Crippen molar-refractivity contribution in [1.29, 1.82) is 0 Å². The van der Waals surface area contributed by atoms with E-state index in [-0.39, 0.29) is 5.82 Å². The van der Waals surface area contributed by atoms with Gasteiger partial charge in [-0.1, -0.05) is 12.1 Å². The summed E-state index contributed by atoms with van der Waals surface area (Å²) in [4.78, 5) is 12.9. The third kappa shape index (κ3) is 2.55. The monoisotopic (exact) mass is 301 g/mol. The molecule has 0 fully saturated rings. The summed E-state index contributed by atoms with van der Waals surface area (Å²) in [7, 11) is 0. The number of hydrogen-bond donors (Lipinski definition) is 0. The minimum atomic E-state index is -0.258. The van der Waals surface area contributed by atoms with Crippen LogP contribution in [-0.2, 0) is 0 Å². The molecule has 0 amide bonds. The Labute approximate surface area is 132 Å². The lowest BCUT2D eigenvalue weighted by molar-refractivity contribution is 0.628. The van der Waals surface area contributed by atoms with Gasteiger partial charge in [-0.05, 0) is 48.0 Å². The molecule has 2 aromatic heterocycles. The molecule has 0 atom stereocenters. The van der Waals surface area contributed by atoms with Crippen LogP contribution < -0.4 is 0 Å². The number of pyridine rings is 1. The molecule has 0 spiro atoms. The molecule has 0 unspecified atom stereocenters. The van der Waals surface area contributed by atoms with Crippen molar-refractivity contribution in [2.75, 3.05) is 0 Å². The van der Waals surface area contributed by atoms with Crippen LogP contribution in [0.1, 0.15) is 0 Å². The topological polar surface area (TPSA) is 38.7 Å². The molecule has 2 heterocycles. The van der Waals surface area contributed by atoms with Crippen molar-refractivity contribution >= 4 is 10.9 Å². The van der Waals surface area contributed by atoms with E-state index in [2.05, 4.69) is 15.0 Å². The SMILES string of the molecule is Fc1ccc(-c2ncnc3cc(-c4cccnc4)ccc23)cc1. The summed E-state index contributed by atoms with van der Waals surface area (Å²) in [6.07, 6.45) is 5.11. The zero-order valence-corrected chi connectivity index (χ0v) is 12.1. The maximum Gasteiger partial charge on any atom is 0.123 e. The first-order valence-corrected chi connectivity index (χ1v) is 7.22. The number of nitrogens with zero attached hydrogens (tertiary/aromatic N) is 3. The Bertz CT molecular complexity index is 967. The van der Waals surface area contributed by atoms with Crippen molar-refractivity contribution in [2.45, 2.75) is 0 Å². The minimum Gasteiger partial charge on any atom is -0.264 e. The highest BCUT2D eigenvalue weighted by Crippen LogP contribution is 2.28. The molecule has 0 aliphatic carbocycles. The van der Waals surface area contributed by atoms with Gasteiger partial charge in [0.15, 0.2) is 0 Å². The number of halogens is 1. The summed E-state index contributed by atoms with van der Waals surface area (Å²) < 4.78 is 13.1. The molecule has 4 rings (SSSR count). The Morgan fingerprint density at radius 1 is 0.783 bits per heavy atom. The summed E-state index contributed by atoms with van der Waals surface area (Å²) in [6, 6.07) is 16.3. The molecular weight excluding hydrogens is 289 g/mol. The van der Waals surface area contributed by atoms with Gasteiger partial charge in [-0.15, -0.1) is 0 Å². The lowest BCUT2D eigenvalue weighted by Gasteiger charge is -2.07. The molecule has 0 radical (unpaired) electrons. The summed E-state index contributed by atoms with van der Waals surface area (Å²) in [6.45, 7) is 0. The van der Waals surface area contributed by atoms with Crippen molar-refractivity contribution in [3.8, 4) is 22.4 Å². The van der Waals surface area contributed by atoms with E-state index >= 15 is 0 Å². The zero-order valence-electron chi connectivity index (χ0n) is 12.1.